The number of nitro benzene ring substituents is 1. The average molecular weight is 296 g/mol. The minimum absolute atomic E-state index is 0.0880. The lowest BCUT2D eigenvalue weighted by molar-refractivity contribution is -0.386. The summed E-state index contributed by atoms with van der Waals surface area (Å²) in [5.74, 6) is -0.532. The summed E-state index contributed by atoms with van der Waals surface area (Å²) in [5.41, 5.74) is -0.500. The van der Waals surface area contributed by atoms with Gasteiger partial charge in [0.2, 0.25) is 5.75 Å². The first-order valence-corrected chi connectivity index (χ1v) is 7.06. The fourth-order valence-corrected chi connectivity index (χ4v) is 2.59. The number of ether oxygens (including phenoxy) is 2. The maximum absolute atomic E-state index is 11.5. The second-order valence-electron chi connectivity index (χ2n) is 3.07. The van der Waals surface area contributed by atoms with Crippen LogP contribution in [0.1, 0.15) is 6.92 Å². The summed E-state index contributed by atoms with van der Waals surface area (Å²) in [4.78, 5) is 9.47. The van der Waals surface area contributed by atoms with Crippen LogP contribution in [0.4, 0.5) is 5.69 Å². The minimum Gasteiger partial charge on any atom is -0.492 e. The Labute approximate surface area is 108 Å². The van der Waals surface area contributed by atoms with Crippen molar-refractivity contribution in [1.29, 1.82) is 0 Å². The van der Waals surface area contributed by atoms with E-state index in [1.807, 2.05) is 0 Å². The van der Waals surface area contributed by atoms with E-state index in [1.54, 1.807) is 6.92 Å². The molecular formula is C9H10ClNO6S. The predicted octanol–water partition coefficient (Wildman–Crippen LogP) is 1.93. The van der Waals surface area contributed by atoms with Gasteiger partial charge in [-0.05, 0) is 13.0 Å². The third-order valence-corrected chi connectivity index (χ3v) is 3.34. The molecule has 7 nitrogen and oxygen atoms in total. The van der Waals surface area contributed by atoms with E-state index in [2.05, 4.69) is 0 Å². The van der Waals surface area contributed by atoms with Gasteiger partial charge in [-0.2, -0.15) is 0 Å². The highest BCUT2D eigenvalue weighted by Crippen LogP contribution is 2.41. The Balaban J connectivity index is 3.67. The van der Waals surface area contributed by atoms with Crippen molar-refractivity contribution >= 4 is 25.4 Å². The Morgan fingerprint density at radius 3 is 2.44 bits per heavy atom. The lowest BCUT2D eigenvalue weighted by Crippen LogP contribution is -2.04. The van der Waals surface area contributed by atoms with E-state index in [0.717, 1.165) is 13.2 Å². The van der Waals surface area contributed by atoms with Crippen LogP contribution in [-0.4, -0.2) is 27.1 Å². The summed E-state index contributed by atoms with van der Waals surface area (Å²) >= 11 is 0. The van der Waals surface area contributed by atoms with Crippen molar-refractivity contribution in [3.63, 3.8) is 0 Å². The molecule has 0 aliphatic heterocycles. The maximum atomic E-state index is 11.5. The van der Waals surface area contributed by atoms with Crippen molar-refractivity contribution in [2.45, 2.75) is 11.8 Å². The van der Waals surface area contributed by atoms with Gasteiger partial charge in [0.05, 0.1) is 18.6 Å². The van der Waals surface area contributed by atoms with Crippen molar-refractivity contribution in [2.75, 3.05) is 13.7 Å². The van der Waals surface area contributed by atoms with Gasteiger partial charge >= 0.3 is 5.69 Å². The summed E-state index contributed by atoms with van der Waals surface area (Å²) in [6, 6.07) is 2.26. The largest absolute Gasteiger partial charge is 0.492 e. The number of rotatable bonds is 5. The third kappa shape index (κ3) is 2.82. The molecule has 0 amide bonds. The standard InChI is InChI=1S/C9H10ClNO6S/c1-3-17-7-5-4-6(11(12)13)8(16-2)9(7)18(10,14)15/h4-5H,3H2,1-2H3. The summed E-state index contributed by atoms with van der Waals surface area (Å²) < 4.78 is 32.8. The number of hydrogen-bond acceptors (Lipinski definition) is 6. The van der Waals surface area contributed by atoms with E-state index in [1.165, 1.54) is 6.07 Å². The molecule has 1 rings (SSSR count). The van der Waals surface area contributed by atoms with Crippen LogP contribution in [0, 0.1) is 10.1 Å². The maximum Gasteiger partial charge on any atom is 0.312 e. The first-order chi connectivity index (χ1) is 8.32. The SMILES string of the molecule is CCOc1ccc([N+](=O)[O-])c(OC)c1S(=O)(=O)Cl. The molecule has 0 aliphatic rings. The molecule has 0 bridgehead atoms. The first kappa shape index (κ1) is 14.5. The topological polar surface area (TPSA) is 95.7 Å². The molecule has 0 fully saturated rings. The molecule has 0 N–H and O–H groups in total. The molecule has 0 radical (unpaired) electrons. The van der Waals surface area contributed by atoms with Gasteiger partial charge in [-0.15, -0.1) is 0 Å². The number of methoxy groups -OCH3 is 1. The van der Waals surface area contributed by atoms with Gasteiger partial charge in [-0.1, -0.05) is 0 Å². The quantitative estimate of drug-likeness (QED) is 0.468. The lowest BCUT2D eigenvalue weighted by atomic mass is 10.2. The molecule has 0 spiro atoms. The van der Waals surface area contributed by atoms with Crippen molar-refractivity contribution < 1.29 is 22.8 Å². The van der Waals surface area contributed by atoms with Crippen molar-refractivity contribution in [3.8, 4) is 11.5 Å². The van der Waals surface area contributed by atoms with Crippen LogP contribution in [0.5, 0.6) is 11.5 Å². The second kappa shape index (κ2) is 5.40. The smallest absolute Gasteiger partial charge is 0.312 e. The Morgan fingerprint density at radius 2 is 2.06 bits per heavy atom. The lowest BCUT2D eigenvalue weighted by Gasteiger charge is -2.11. The Bertz CT molecular complexity index is 571. The molecule has 0 aromatic heterocycles. The minimum atomic E-state index is -4.24. The van der Waals surface area contributed by atoms with Crippen molar-refractivity contribution in [2.24, 2.45) is 0 Å². The molecule has 1 aromatic carbocycles. The zero-order valence-corrected chi connectivity index (χ0v) is 11.1. The summed E-state index contributed by atoms with van der Waals surface area (Å²) in [5, 5.41) is 10.8. The zero-order chi connectivity index (χ0) is 13.9. The van der Waals surface area contributed by atoms with Gasteiger partial charge in [0.15, 0.2) is 4.90 Å². The van der Waals surface area contributed by atoms with Crippen molar-refractivity contribution in [1.82, 2.24) is 0 Å². The molecule has 100 valence electrons. The summed E-state index contributed by atoms with van der Waals surface area (Å²) in [7, 11) is 2.13. The Morgan fingerprint density at radius 1 is 1.44 bits per heavy atom. The number of halogens is 1. The second-order valence-corrected chi connectivity index (χ2v) is 5.58. The van der Waals surface area contributed by atoms with Gasteiger partial charge in [-0.3, -0.25) is 10.1 Å². The molecule has 0 aliphatic carbocycles. The van der Waals surface area contributed by atoms with E-state index < -0.39 is 30.3 Å². The third-order valence-electron chi connectivity index (χ3n) is 2.00. The van der Waals surface area contributed by atoms with Crippen LogP contribution in [0.15, 0.2) is 17.0 Å². The van der Waals surface area contributed by atoms with Gasteiger partial charge in [0.25, 0.3) is 9.05 Å². The highest BCUT2D eigenvalue weighted by molar-refractivity contribution is 8.14. The Hall–Kier alpha value is -1.54. The van der Waals surface area contributed by atoms with Crippen LogP contribution in [0.25, 0.3) is 0 Å². The average Bonchev–Trinajstić information content (AvgIpc) is 2.26. The molecule has 1 aromatic rings. The van der Waals surface area contributed by atoms with Crippen LogP contribution in [-0.2, 0) is 9.05 Å². The van der Waals surface area contributed by atoms with Gasteiger partial charge in [0, 0.05) is 16.7 Å². The molecule has 18 heavy (non-hydrogen) atoms. The molecule has 9 heteroatoms. The number of nitrogens with zero attached hydrogens (tertiary/aromatic N) is 1. The molecule has 0 heterocycles. The monoisotopic (exact) mass is 295 g/mol. The summed E-state index contributed by atoms with van der Waals surface area (Å²) in [6.45, 7) is 1.82. The number of benzene rings is 1. The molecule has 0 saturated heterocycles. The van der Waals surface area contributed by atoms with E-state index in [0.29, 0.717) is 0 Å². The molecule has 0 atom stereocenters. The summed E-state index contributed by atoms with van der Waals surface area (Å²) in [6.07, 6.45) is 0. The van der Waals surface area contributed by atoms with E-state index in [9.17, 15) is 18.5 Å². The number of hydrogen-bond donors (Lipinski definition) is 0. The van der Waals surface area contributed by atoms with E-state index in [-0.39, 0.29) is 12.4 Å². The number of nitro groups is 1. The van der Waals surface area contributed by atoms with Crippen LogP contribution in [0.3, 0.4) is 0 Å². The fourth-order valence-electron chi connectivity index (χ4n) is 1.38. The molecule has 0 saturated carbocycles. The molecular weight excluding hydrogens is 286 g/mol. The van der Waals surface area contributed by atoms with Gasteiger partial charge < -0.3 is 9.47 Å². The van der Waals surface area contributed by atoms with Gasteiger partial charge in [-0.25, -0.2) is 8.42 Å². The van der Waals surface area contributed by atoms with E-state index in [4.69, 9.17) is 20.2 Å². The first-order valence-electron chi connectivity index (χ1n) is 4.75. The van der Waals surface area contributed by atoms with Crippen molar-refractivity contribution in [3.05, 3.63) is 22.2 Å². The normalized spacial score (nSPS) is 11.1. The van der Waals surface area contributed by atoms with Gasteiger partial charge in [0.1, 0.15) is 5.75 Å². The van der Waals surface area contributed by atoms with Crippen LogP contribution >= 0.6 is 10.7 Å². The highest BCUT2D eigenvalue weighted by Gasteiger charge is 2.30. The zero-order valence-electron chi connectivity index (χ0n) is 9.54. The van der Waals surface area contributed by atoms with Crippen LogP contribution in [0.2, 0.25) is 0 Å². The fraction of sp³-hybridized carbons (Fsp3) is 0.333. The predicted molar refractivity (Wildman–Crippen MR) is 63.9 cm³/mol. The molecule has 0 unspecified atom stereocenters. The van der Waals surface area contributed by atoms with E-state index >= 15 is 0 Å². The highest BCUT2D eigenvalue weighted by atomic mass is 35.7. The van der Waals surface area contributed by atoms with Crippen LogP contribution < -0.4 is 9.47 Å². The Kier molecular flexibility index (Phi) is 4.36.